The van der Waals surface area contributed by atoms with Crippen molar-refractivity contribution in [3.8, 4) is 0 Å². The third-order valence-electron chi connectivity index (χ3n) is 4.75. The highest BCUT2D eigenvalue weighted by Gasteiger charge is 2.30. The molecule has 2 aromatic carbocycles. The molecule has 0 bridgehead atoms. The number of halogens is 2. The van der Waals surface area contributed by atoms with E-state index in [2.05, 4.69) is 21.2 Å². The molecule has 7 nitrogen and oxygen atoms in total. The molecule has 2 amide bonds. The summed E-state index contributed by atoms with van der Waals surface area (Å²) in [6.45, 7) is 3.57. The largest absolute Gasteiger partial charge is 0.354 e. The molecule has 0 aliphatic heterocycles. The number of rotatable bonds is 10. The Labute approximate surface area is 196 Å². The summed E-state index contributed by atoms with van der Waals surface area (Å²) in [7, 11) is -3.84. The maximum absolute atomic E-state index is 13.3. The number of amides is 2. The molecule has 0 aliphatic rings. The first-order valence-electron chi connectivity index (χ1n) is 10.1. The van der Waals surface area contributed by atoms with Crippen LogP contribution in [0, 0.1) is 5.82 Å². The predicted octanol–water partition coefficient (Wildman–Crippen LogP) is 3.30. The Balaban J connectivity index is 2.35. The number of nitrogens with one attached hydrogen (secondary N) is 1. The molecule has 0 saturated heterocycles. The maximum Gasteiger partial charge on any atom is 0.244 e. The van der Waals surface area contributed by atoms with Gasteiger partial charge in [0.2, 0.25) is 21.8 Å². The minimum absolute atomic E-state index is 0.111. The van der Waals surface area contributed by atoms with Crippen LogP contribution in [-0.2, 0) is 26.2 Å². The van der Waals surface area contributed by atoms with E-state index in [1.165, 1.54) is 17.0 Å². The third-order valence-corrected chi connectivity index (χ3v) is 6.39. The fourth-order valence-electron chi connectivity index (χ4n) is 3.03. The van der Waals surface area contributed by atoms with Gasteiger partial charge in [0, 0.05) is 17.6 Å². The van der Waals surface area contributed by atoms with Gasteiger partial charge in [0.05, 0.1) is 11.9 Å². The first-order chi connectivity index (χ1) is 15.0. The van der Waals surface area contributed by atoms with Crippen LogP contribution in [0.2, 0.25) is 0 Å². The van der Waals surface area contributed by atoms with Gasteiger partial charge in [0.15, 0.2) is 0 Å². The molecular formula is C22H27BrFN3O4S. The van der Waals surface area contributed by atoms with Gasteiger partial charge in [-0.25, -0.2) is 12.8 Å². The van der Waals surface area contributed by atoms with Crippen LogP contribution in [0.1, 0.15) is 25.8 Å². The molecule has 0 aliphatic carbocycles. The van der Waals surface area contributed by atoms with E-state index in [0.717, 1.165) is 39.2 Å². The molecule has 0 fully saturated rings. The Morgan fingerprint density at radius 1 is 1.16 bits per heavy atom. The lowest BCUT2D eigenvalue weighted by Crippen LogP contribution is -2.51. The van der Waals surface area contributed by atoms with Crippen LogP contribution in [0.4, 0.5) is 10.1 Å². The van der Waals surface area contributed by atoms with Gasteiger partial charge < -0.3 is 10.2 Å². The normalized spacial score (nSPS) is 12.2. The first-order valence-corrected chi connectivity index (χ1v) is 12.7. The average molecular weight is 528 g/mol. The Morgan fingerprint density at radius 3 is 2.38 bits per heavy atom. The van der Waals surface area contributed by atoms with Gasteiger partial charge in [0.25, 0.3) is 0 Å². The van der Waals surface area contributed by atoms with Crippen molar-refractivity contribution in [1.29, 1.82) is 0 Å². The zero-order valence-electron chi connectivity index (χ0n) is 18.2. The molecule has 2 rings (SSSR count). The zero-order valence-corrected chi connectivity index (χ0v) is 20.6. The van der Waals surface area contributed by atoms with Gasteiger partial charge in [-0.05, 0) is 55.3 Å². The quantitative estimate of drug-likeness (QED) is 0.513. The molecule has 10 heteroatoms. The van der Waals surface area contributed by atoms with E-state index >= 15 is 0 Å². The molecular weight excluding hydrogens is 501 g/mol. The van der Waals surface area contributed by atoms with Crippen LogP contribution in [0.5, 0.6) is 0 Å². The molecule has 0 aromatic heterocycles. The number of benzene rings is 2. The molecule has 1 N–H and O–H groups in total. The monoisotopic (exact) mass is 527 g/mol. The summed E-state index contributed by atoms with van der Waals surface area (Å²) >= 11 is 3.39. The number of carbonyl (C=O) groups excluding carboxylic acids is 2. The second-order valence-corrected chi connectivity index (χ2v) is 10.2. The molecule has 1 unspecified atom stereocenters. The molecule has 0 saturated carbocycles. The van der Waals surface area contributed by atoms with E-state index in [1.54, 1.807) is 6.92 Å². The molecule has 2 aromatic rings. The SMILES string of the molecule is CCCNC(=O)C(C)N(Cc1cccc(Br)c1)C(=O)CN(c1ccc(F)cc1)S(C)(=O)=O. The second-order valence-electron chi connectivity index (χ2n) is 7.36. The van der Waals surface area contributed by atoms with Gasteiger partial charge in [-0.2, -0.15) is 0 Å². The second kappa shape index (κ2) is 11.4. The van der Waals surface area contributed by atoms with Crippen molar-refractivity contribution >= 4 is 43.5 Å². The fraction of sp³-hybridized carbons (Fsp3) is 0.364. The molecule has 0 heterocycles. The minimum atomic E-state index is -3.84. The van der Waals surface area contributed by atoms with E-state index in [1.807, 2.05) is 31.2 Å². The smallest absolute Gasteiger partial charge is 0.244 e. The van der Waals surface area contributed by atoms with Crippen LogP contribution in [-0.4, -0.2) is 50.5 Å². The number of hydrogen-bond acceptors (Lipinski definition) is 4. The third kappa shape index (κ3) is 7.30. The van der Waals surface area contributed by atoms with Crippen LogP contribution in [0.15, 0.2) is 53.0 Å². The summed E-state index contributed by atoms with van der Waals surface area (Å²) in [6.07, 6.45) is 1.71. The van der Waals surface area contributed by atoms with Crippen molar-refractivity contribution in [2.75, 3.05) is 23.7 Å². The highest BCUT2D eigenvalue weighted by molar-refractivity contribution is 9.10. The Hall–Kier alpha value is -2.46. The summed E-state index contributed by atoms with van der Waals surface area (Å²) < 4.78 is 39.8. The van der Waals surface area contributed by atoms with Gasteiger partial charge in [-0.1, -0.05) is 35.0 Å². The first kappa shape index (κ1) is 25.8. The molecule has 174 valence electrons. The average Bonchev–Trinajstić information content (AvgIpc) is 2.73. The topological polar surface area (TPSA) is 86.8 Å². The molecule has 0 spiro atoms. The van der Waals surface area contributed by atoms with Crippen molar-refractivity contribution in [2.45, 2.75) is 32.9 Å². The number of anilines is 1. The van der Waals surface area contributed by atoms with Crippen molar-refractivity contribution in [3.05, 3.63) is 64.4 Å². The Kier molecular flexibility index (Phi) is 9.21. The van der Waals surface area contributed by atoms with Gasteiger partial charge >= 0.3 is 0 Å². The Morgan fingerprint density at radius 2 is 1.81 bits per heavy atom. The summed E-state index contributed by atoms with van der Waals surface area (Å²) in [5.74, 6) is -1.41. The summed E-state index contributed by atoms with van der Waals surface area (Å²) in [5, 5.41) is 2.77. The van der Waals surface area contributed by atoms with Crippen molar-refractivity contribution in [2.24, 2.45) is 0 Å². The van der Waals surface area contributed by atoms with E-state index in [9.17, 15) is 22.4 Å². The van der Waals surface area contributed by atoms with Gasteiger partial charge in [-0.15, -0.1) is 0 Å². The van der Waals surface area contributed by atoms with Crippen LogP contribution in [0.3, 0.4) is 0 Å². The molecule has 1 atom stereocenters. The van der Waals surface area contributed by atoms with Crippen molar-refractivity contribution in [1.82, 2.24) is 10.2 Å². The van der Waals surface area contributed by atoms with E-state index < -0.39 is 34.3 Å². The predicted molar refractivity (Wildman–Crippen MR) is 126 cm³/mol. The van der Waals surface area contributed by atoms with Crippen LogP contribution >= 0.6 is 15.9 Å². The highest BCUT2D eigenvalue weighted by atomic mass is 79.9. The molecule has 0 radical (unpaired) electrons. The van der Waals surface area contributed by atoms with Crippen LogP contribution in [0.25, 0.3) is 0 Å². The standard InChI is InChI=1S/C22H27BrFN3O4S/c1-4-12-25-22(29)16(2)26(14-17-6-5-7-18(23)13-17)21(28)15-27(32(3,30)31)20-10-8-19(24)9-11-20/h5-11,13,16H,4,12,14-15H2,1-3H3,(H,25,29). The lowest BCUT2D eigenvalue weighted by Gasteiger charge is -2.31. The van der Waals surface area contributed by atoms with Crippen LogP contribution < -0.4 is 9.62 Å². The maximum atomic E-state index is 13.3. The number of carbonyl (C=O) groups is 2. The lowest BCUT2D eigenvalue weighted by molar-refractivity contribution is -0.139. The minimum Gasteiger partial charge on any atom is -0.354 e. The number of sulfonamides is 1. The van der Waals surface area contributed by atoms with E-state index in [-0.39, 0.29) is 18.1 Å². The van der Waals surface area contributed by atoms with Gasteiger partial charge in [-0.3, -0.25) is 13.9 Å². The lowest BCUT2D eigenvalue weighted by atomic mass is 10.1. The zero-order chi connectivity index (χ0) is 23.9. The summed E-state index contributed by atoms with van der Waals surface area (Å²) in [6, 6.07) is 11.3. The summed E-state index contributed by atoms with van der Waals surface area (Å²) in [4.78, 5) is 27.3. The van der Waals surface area contributed by atoms with E-state index in [4.69, 9.17) is 0 Å². The van der Waals surface area contributed by atoms with Crippen molar-refractivity contribution in [3.63, 3.8) is 0 Å². The van der Waals surface area contributed by atoms with E-state index in [0.29, 0.717) is 6.54 Å². The number of nitrogens with zero attached hydrogens (tertiary/aromatic N) is 2. The van der Waals surface area contributed by atoms with Crippen molar-refractivity contribution < 1.29 is 22.4 Å². The summed E-state index contributed by atoms with van der Waals surface area (Å²) in [5.41, 5.74) is 0.934. The fourth-order valence-corrected chi connectivity index (χ4v) is 4.33. The highest BCUT2D eigenvalue weighted by Crippen LogP contribution is 2.20. The Bertz CT molecular complexity index is 1050. The molecule has 32 heavy (non-hydrogen) atoms. The van der Waals surface area contributed by atoms with Gasteiger partial charge in [0.1, 0.15) is 18.4 Å². The number of hydrogen-bond donors (Lipinski definition) is 1.